The Bertz CT molecular complexity index is 1410. The molecule has 35 heavy (non-hydrogen) atoms. The first-order valence-corrected chi connectivity index (χ1v) is 11.4. The summed E-state index contributed by atoms with van der Waals surface area (Å²) in [6.07, 6.45) is 1.52. The molecule has 4 aromatic rings. The molecule has 0 aliphatic heterocycles. The van der Waals surface area contributed by atoms with E-state index >= 15 is 0 Å². The van der Waals surface area contributed by atoms with Crippen LogP contribution in [-0.2, 0) is 6.61 Å². The zero-order valence-electron chi connectivity index (χ0n) is 19.0. The number of amides is 1. The summed E-state index contributed by atoms with van der Waals surface area (Å²) in [6.45, 7) is 0.296. The Morgan fingerprint density at radius 3 is 2.31 bits per heavy atom. The Kier molecular flexibility index (Phi) is 7.75. The van der Waals surface area contributed by atoms with Gasteiger partial charge in [-0.3, -0.25) is 4.79 Å². The van der Waals surface area contributed by atoms with Gasteiger partial charge in [0.1, 0.15) is 12.4 Å². The SMILES string of the molecule is COc1cc(/C=N\NC(=O)c2cc3ccccc3cc2OC)ccc1OCc1ccc(Cl)c(Cl)c1. The largest absolute Gasteiger partial charge is 0.496 e. The van der Waals surface area contributed by atoms with Crippen molar-refractivity contribution in [2.24, 2.45) is 5.10 Å². The summed E-state index contributed by atoms with van der Waals surface area (Å²) in [6, 6.07) is 22.0. The van der Waals surface area contributed by atoms with E-state index < -0.39 is 0 Å². The Labute approximate surface area is 213 Å². The van der Waals surface area contributed by atoms with Crippen LogP contribution >= 0.6 is 23.2 Å². The van der Waals surface area contributed by atoms with Gasteiger partial charge in [-0.05, 0) is 64.4 Å². The molecule has 0 unspecified atom stereocenters. The number of hydrogen-bond acceptors (Lipinski definition) is 5. The minimum Gasteiger partial charge on any atom is -0.496 e. The maximum atomic E-state index is 12.7. The van der Waals surface area contributed by atoms with Crippen LogP contribution in [0.15, 0.2) is 77.9 Å². The second-order valence-electron chi connectivity index (χ2n) is 7.55. The molecular formula is C27H22Cl2N2O4. The number of halogens is 2. The van der Waals surface area contributed by atoms with E-state index in [1.165, 1.54) is 13.3 Å². The molecule has 0 heterocycles. The van der Waals surface area contributed by atoms with Gasteiger partial charge in [0.05, 0.1) is 36.0 Å². The summed E-state index contributed by atoms with van der Waals surface area (Å²) in [4.78, 5) is 12.7. The zero-order valence-corrected chi connectivity index (χ0v) is 20.6. The van der Waals surface area contributed by atoms with Crippen molar-refractivity contribution in [1.29, 1.82) is 0 Å². The van der Waals surface area contributed by atoms with Gasteiger partial charge in [-0.15, -0.1) is 0 Å². The molecule has 0 saturated carbocycles. The Balaban J connectivity index is 1.44. The van der Waals surface area contributed by atoms with Gasteiger partial charge in [0.25, 0.3) is 5.91 Å². The molecule has 0 spiro atoms. The highest BCUT2D eigenvalue weighted by Gasteiger charge is 2.13. The van der Waals surface area contributed by atoms with Crippen molar-refractivity contribution in [2.45, 2.75) is 6.61 Å². The lowest BCUT2D eigenvalue weighted by atomic mass is 10.1. The van der Waals surface area contributed by atoms with Crippen molar-refractivity contribution in [1.82, 2.24) is 5.43 Å². The molecule has 1 amide bonds. The van der Waals surface area contributed by atoms with Gasteiger partial charge in [0.15, 0.2) is 11.5 Å². The molecule has 4 aromatic carbocycles. The average molecular weight is 509 g/mol. The summed E-state index contributed by atoms with van der Waals surface area (Å²) in [5.41, 5.74) is 4.54. The quantitative estimate of drug-likeness (QED) is 0.217. The summed E-state index contributed by atoms with van der Waals surface area (Å²) >= 11 is 12.0. The Hall–Kier alpha value is -3.74. The fourth-order valence-electron chi connectivity index (χ4n) is 3.47. The second-order valence-corrected chi connectivity index (χ2v) is 8.36. The smallest absolute Gasteiger partial charge is 0.275 e. The molecule has 8 heteroatoms. The van der Waals surface area contributed by atoms with Gasteiger partial charge in [-0.25, -0.2) is 5.43 Å². The van der Waals surface area contributed by atoms with E-state index in [0.717, 1.165) is 21.9 Å². The predicted octanol–water partition coefficient (Wildman–Crippen LogP) is 6.51. The lowest BCUT2D eigenvalue weighted by molar-refractivity contribution is 0.0952. The molecule has 0 bridgehead atoms. The lowest BCUT2D eigenvalue weighted by Gasteiger charge is -2.12. The van der Waals surface area contributed by atoms with Gasteiger partial charge in [-0.2, -0.15) is 5.10 Å². The number of methoxy groups -OCH3 is 2. The first-order chi connectivity index (χ1) is 17.0. The standard InChI is InChI=1S/C27H22Cl2N2O4/c1-33-25-14-20-6-4-3-5-19(20)13-21(25)27(32)31-30-15-17-8-10-24(26(12-17)34-2)35-16-18-7-9-22(28)23(29)11-18/h3-15H,16H2,1-2H3,(H,31,32)/b30-15-. The summed E-state index contributed by atoms with van der Waals surface area (Å²) in [5, 5.41) is 6.96. The molecule has 0 saturated heterocycles. The van der Waals surface area contributed by atoms with Gasteiger partial charge in [0.2, 0.25) is 0 Å². The maximum Gasteiger partial charge on any atom is 0.275 e. The molecule has 1 N–H and O–H groups in total. The fraction of sp³-hybridized carbons (Fsp3) is 0.111. The molecule has 178 valence electrons. The molecular weight excluding hydrogens is 487 g/mol. The van der Waals surface area contributed by atoms with Gasteiger partial charge in [0, 0.05) is 0 Å². The van der Waals surface area contributed by atoms with Crippen molar-refractivity contribution in [3.63, 3.8) is 0 Å². The topological polar surface area (TPSA) is 69.2 Å². The van der Waals surface area contributed by atoms with E-state index in [0.29, 0.717) is 39.5 Å². The molecule has 0 aliphatic rings. The number of rotatable bonds is 8. The highest BCUT2D eigenvalue weighted by molar-refractivity contribution is 6.42. The summed E-state index contributed by atoms with van der Waals surface area (Å²) < 4.78 is 16.7. The number of fused-ring (bicyclic) bond motifs is 1. The molecule has 6 nitrogen and oxygen atoms in total. The van der Waals surface area contributed by atoms with Gasteiger partial charge < -0.3 is 14.2 Å². The van der Waals surface area contributed by atoms with Crippen LogP contribution in [0.2, 0.25) is 10.0 Å². The molecule has 0 atom stereocenters. The van der Waals surface area contributed by atoms with Gasteiger partial charge >= 0.3 is 0 Å². The predicted molar refractivity (Wildman–Crippen MR) is 139 cm³/mol. The number of hydrogen-bond donors (Lipinski definition) is 1. The number of ether oxygens (including phenoxy) is 3. The normalized spacial score (nSPS) is 11.0. The van der Waals surface area contributed by atoms with Crippen molar-refractivity contribution >= 4 is 46.1 Å². The summed E-state index contributed by atoms with van der Waals surface area (Å²) in [7, 11) is 3.08. The zero-order chi connectivity index (χ0) is 24.8. The minimum atomic E-state index is -0.377. The average Bonchev–Trinajstić information content (AvgIpc) is 2.88. The van der Waals surface area contributed by atoms with Crippen LogP contribution in [-0.4, -0.2) is 26.3 Å². The number of nitrogens with zero attached hydrogens (tertiary/aromatic N) is 1. The number of carbonyl (C=O) groups excluding carboxylic acids is 1. The minimum absolute atomic E-state index is 0.296. The number of nitrogens with one attached hydrogen (secondary N) is 1. The second kappa shape index (κ2) is 11.1. The van der Waals surface area contributed by atoms with Crippen LogP contribution in [0.3, 0.4) is 0 Å². The van der Waals surface area contributed by atoms with Crippen molar-refractivity contribution in [3.05, 3.63) is 99.5 Å². The highest BCUT2D eigenvalue weighted by atomic mass is 35.5. The molecule has 0 aliphatic carbocycles. The van der Waals surface area contributed by atoms with E-state index in [-0.39, 0.29) is 5.91 Å². The third-order valence-electron chi connectivity index (χ3n) is 5.26. The van der Waals surface area contributed by atoms with Crippen LogP contribution in [0.5, 0.6) is 17.2 Å². The van der Waals surface area contributed by atoms with E-state index in [4.69, 9.17) is 37.4 Å². The first kappa shape index (κ1) is 24.4. The van der Waals surface area contributed by atoms with E-state index in [1.807, 2.05) is 36.4 Å². The van der Waals surface area contributed by atoms with Crippen LogP contribution in [0.25, 0.3) is 10.8 Å². The third kappa shape index (κ3) is 5.85. The molecule has 4 rings (SSSR count). The van der Waals surface area contributed by atoms with Crippen LogP contribution in [0.1, 0.15) is 21.5 Å². The Morgan fingerprint density at radius 2 is 1.60 bits per heavy atom. The van der Waals surface area contributed by atoms with Crippen LogP contribution < -0.4 is 19.6 Å². The van der Waals surface area contributed by atoms with E-state index in [9.17, 15) is 4.79 Å². The van der Waals surface area contributed by atoms with Crippen molar-refractivity contribution in [3.8, 4) is 17.2 Å². The van der Waals surface area contributed by atoms with Gasteiger partial charge in [-0.1, -0.05) is 53.5 Å². The molecule has 0 aromatic heterocycles. The third-order valence-corrected chi connectivity index (χ3v) is 6.00. The van der Waals surface area contributed by atoms with Crippen molar-refractivity contribution < 1.29 is 19.0 Å². The highest BCUT2D eigenvalue weighted by Crippen LogP contribution is 2.30. The van der Waals surface area contributed by atoms with Crippen LogP contribution in [0, 0.1) is 0 Å². The Morgan fingerprint density at radius 1 is 0.857 bits per heavy atom. The van der Waals surface area contributed by atoms with E-state index in [1.54, 1.807) is 43.5 Å². The van der Waals surface area contributed by atoms with Crippen LogP contribution in [0.4, 0.5) is 0 Å². The van der Waals surface area contributed by atoms with E-state index in [2.05, 4.69) is 10.5 Å². The monoisotopic (exact) mass is 508 g/mol. The first-order valence-electron chi connectivity index (χ1n) is 10.6. The molecule has 0 radical (unpaired) electrons. The number of carbonyl (C=O) groups is 1. The number of benzene rings is 4. The maximum absolute atomic E-state index is 12.7. The fourth-order valence-corrected chi connectivity index (χ4v) is 3.79. The summed E-state index contributed by atoms with van der Waals surface area (Å²) in [5.74, 6) is 1.18. The lowest BCUT2D eigenvalue weighted by Crippen LogP contribution is -2.18. The molecule has 0 fully saturated rings. The number of hydrazone groups is 1. The van der Waals surface area contributed by atoms with Crippen molar-refractivity contribution in [2.75, 3.05) is 14.2 Å².